The Labute approximate surface area is 214 Å². The molecule has 1 aromatic rings. The summed E-state index contributed by atoms with van der Waals surface area (Å²) in [7, 11) is 0. The van der Waals surface area contributed by atoms with Crippen LogP contribution in [0.5, 0.6) is 0 Å². The number of nitrogens with one attached hydrogen (secondary N) is 2. The molecule has 0 aliphatic carbocycles. The van der Waals surface area contributed by atoms with Crippen LogP contribution in [0.2, 0.25) is 0 Å². The van der Waals surface area contributed by atoms with Crippen molar-refractivity contribution in [1.82, 2.24) is 10.2 Å². The summed E-state index contributed by atoms with van der Waals surface area (Å²) >= 11 is 0. The van der Waals surface area contributed by atoms with Crippen LogP contribution in [0.25, 0.3) is 0 Å². The zero-order valence-electron chi connectivity index (χ0n) is 22.2. The molecule has 3 amide bonds. The Morgan fingerprint density at radius 1 is 1.11 bits per heavy atom. The van der Waals surface area contributed by atoms with Crippen molar-refractivity contribution in [2.24, 2.45) is 17.8 Å². The number of anilines is 1. The van der Waals surface area contributed by atoms with Gasteiger partial charge in [-0.2, -0.15) is 0 Å². The van der Waals surface area contributed by atoms with Gasteiger partial charge in [0.25, 0.3) is 0 Å². The molecule has 0 saturated carbocycles. The van der Waals surface area contributed by atoms with Gasteiger partial charge in [0, 0.05) is 24.4 Å². The molecule has 3 saturated heterocycles. The normalized spacial score (nSPS) is 33.1. The van der Waals surface area contributed by atoms with E-state index in [9.17, 15) is 14.4 Å². The van der Waals surface area contributed by atoms with Crippen LogP contribution in [0.1, 0.15) is 66.7 Å². The molecule has 3 aliphatic rings. The van der Waals surface area contributed by atoms with Crippen molar-refractivity contribution in [2.75, 3.05) is 18.5 Å². The number of hydrogen-bond donors (Lipinski definition) is 3. The summed E-state index contributed by atoms with van der Waals surface area (Å²) < 4.78 is 6.73. The molecule has 0 aromatic heterocycles. The van der Waals surface area contributed by atoms with E-state index in [1.54, 1.807) is 4.90 Å². The molecule has 0 radical (unpaired) electrons. The van der Waals surface area contributed by atoms with E-state index in [0.717, 1.165) is 25.7 Å². The van der Waals surface area contributed by atoms with Crippen LogP contribution in [0.4, 0.5) is 5.69 Å². The van der Waals surface area contributed by atoms with E-state index in [2.05, 4.69) is 17.6 Å². The van der Waals surface area contributed by atoms with Gasteiger partial charge in [-0.3, -0.25) is 14.4 Å². The summed E-state index contributed by atoms with van der Waals surface area (Å²) in [6, 6.07) is 8.44. The maximum absolute atomic E-state index is 14.0. The third kappa shape index (κ3) is 4.54. The Morgan fingerprint density at radius 3 is 2.42 bits per heavy atom. The molecule has 1 spiro atoms. The number of carbonyl (C=O) groups is 3. The highest BCUT2D eigenvalue weighted by molar-refractivity contribution is 6.02. The van der Waals surface area contributed by atoms with Crippen LogP contribution < -0.4 is 10.6 Å². The van der Waals surface area contributed by atoms with Gasteiger partial charge in [-0.1, -0.05) is 38.0 Å². The number of likely N-dealkylation sites (tertiary alicyclic amines) is 1. The average Bonchev–Trinajstić information content (AvgIpc) is 3.30. The number of amides is 3. The quantitative estimate of drug-likeness (QED) is 0.453. The molecule has 36 heavy (non-hydrogen) atoms. The van der Waals surface area contributed by atoms with Crippen molar-refractivity contribution in [2.45, 2.75) is 89.5 Å². The number of unbranched alkanes of at least 4 members (excludes halogenated alkanes) is 3. The number of ether oxygens (including phenoxy) is 1. The average molecular weight is 500 g/mol. The maximum Gasteiger partial charge on any atom is 0.246 e. The number of para-hydroxylation sites is 1. The number of aliphatic hydroxyl groups is 1. The lowest BCUT2D eigenvalue weighted by atomic mass is 9.62. The molecule has 4 rings (SSSR count). The second-order valence-electron chi connectivity index (χ2n) is 12.0. The van der Waals surface area contributed by atoms with Gasteiger partial charge < -0.3 is 25.4 Å². The van der Waals surface area contributed by atoms with Crippen molar-refractivity contribution in [3.8, 4) is 0 Å². The summed E-state index contributed by atoms with van der Waals surface area (Å²) in [5.41, 5.74) is -1.68. The summed E-state index contributed by atoms with van der Waals surface area (Å²) in [5.74, 6) is -2.05. The number of rotatable bonds is 9. The summed E-state index contributed by atoms with van der Waals surface area (Å²) in [6.07, 6.45) is 3.71. The van der Waals surface area contributed by atoms with Gasteiger partial charge in [0.05, 0.1) is 17.4 Å². The lowest BCUT2D eigenvalue weighted by Crippen LogP contribution is -2.58. The van der Waals surface area contributed by atoms with Gasteiger partial charge in [-0.05, 0) is 65.0 Å². The van der Waals surface area contributed by atoms with Crippen molar-refractivity contribution in [3.05, 3.63) is 30.3 Å². The molecule has 3 unspecified atom stereocenters. The number of nitrogens with zero attached hydrogens (tertiary/aromatic N) is 1. The van der Waals surface area contributed by atoms with E-state index in [1.165, 1.54) is 0 Å². The molecular weight excluding hydrogens is 458 g/mol. The van der Waals surface area contributed by atoms with Gasteiger partial charge in [0.1, 0.15) is 11.6 Å². The minimum atomic E-state index is -1.04. The highest BCUT2D eigenvalue weighted by Crippen LogP contribution is 2.65. The number of carbonyl (C=O) groups excluding carboxylic acids is 3. The van der Waals surface area contributed by atoms with Crippen molar-refractivity contribution in [1.29, 1.82) is 0 Å². The molecule has 3 heterocycles. The highest BCUT2D eigenvalue weighted by atomic mass is 16.5. The predicted molar refractivity (Wildman–Crippen MR) is 137 cm³/mol. The molecule has 6 atom stereocenters. The number of benzene rings is 1. The maximum atomic E-state index is 14.0. The summed E-state index contributed by atoms with van der Waals surface area (Å²) in [4.78, 5) is 43.1. The fourth-order valence-electron chi connectivity index (χ4n) is 6.61. The lowest BCUT2D eigenvalue weighted by Gasteiger charge is -2.37. The number of fused-ring (bicyclic) bond motifs is 1. The third-order valence-corrected chi connectivity index (χ3v) is 8.19. The van der Waals surface area contributed by atoms with Crippen molar-refractivity contribution < 1.29 is 24.2 Å². The largest absolute Gasteiger partial charge is 0.396 e. The molecule has 3 aliphatic heterocycles. The first-order valence-electron chi connectivity index (χ1n) is 13.2. The molecular formula is C28H41N3O5. The Balaban J connectivity index is 1.68. The minimum absolute atomic E-state index is 0.00233. The smallest absolute Gasteiger partial charge is 0.246 e. The fourth-order valence-corrected chi connectivity index (χ4v) is 6.61. The molecule has 1 aromatic carbocycles. The molecule has 2 bridgehead atoms. The standard InChI is InChI=1S/C28H41N3O5/c1-18-17-28-21(20(27(18,5)36-28)23(33)29-19-13-9-8-10-14-19)25(35)31(15-11-6-7-12-16-32)22(28)24(34)30-26(2,3)4/h8-10,13-14,18,20-22,32H,6-7,11-12,15-17H2,1-5H3,(H,29,33)(H,30,34)/t18?,20-,21-,22?,27+,28?/m0/s1. The first-order valence-corrected chi connectivity index (χ1v) is 13.2. The van der Waals surface area contributed by atoms with E-state index < -0.39 is 34.6 Å². The van der Waals surface area contributed by atoms with Crippen LogP contribution >= 0.6 is 0 Å². The first kappa shape index (κ1) is 26.6. The second kappa shape index (κ2) is 9.78. The first-order chi connectivity index (χ1) is 16.9. The Kier molecular flexibility index (Phi) is 7.23. The lowest BCUT2D eigenvalue weighted by molar-refractivity contribution is -0.147. The van der Waals surface area contributed by atoms with Gasteiger partial charge in [0.15, 0.2) is 0 Å². The van der Waals surface area contributed by atoms with Crippen molar-refractivity contribution in [3.63, 3.8) is 0 Å². The van der Waals surface area contributed by atoms with E-state index in [0.29, 0.717) is 18.7 Å². The highest BCUT2D eigenvalue weighted by Gasteiger charge is 2.79. The zero-order valence-corrected chi connectivity index (χ0v) is 22.2. The van der Waals surface area contributed by atoms with Crippen molar-refractivity contribution >= 4 is 23.4 Å². The predicted octanol–water partition coefficient (Wildman–Crippen LogP) is 3.10. The van der Waals surface area contributed by atoms with Crippen LogP contribution in [-0.4, -0.2) is 63.7 Å². The van der Waals surface area contributed by atoms with Crippen LogP contribution in [0.3, 0.4) is 0 Å². The SMILES string of the molecule is CC1CC23O[C@@]1(C)[C@H](C(=O)Nc1ccccc1)[C@H]2C(=O)N(CCCCCCO)C3C(=O)NC(C)(C)C. The molecule has 8 nitrogen and oxygen atoms in total. The van der Waals surface area contributed by atoms with E-state index in [4.69, 9.17) is 9.84 Å². The summed E-state index contributed by atoms with van der Waals surface area (Å²) in [5, 5.41) is 15.2. The molecule has 3 fully saturated rings. The van der Waals surface area contributed by atoms with Crippen LogP contribution in [0.15, 0.2) is 30.3 Å². The van der Waals surface area contributed by atoms with Gasteiger partial charge >= 0.3 is 0 Å². The van der Waals surface area contributed by atoms with E-state index in [1.807, 2.05) is 58.0 Å². The van der Waals surface area contributed by atoms with E-state index in [-0.39, 0.29) is 30.2 Å². The topological polar surface area (TPSA) is 108 Å². The van der Waals surface area contributed by atoms with E-state index >= 15 is 0 Å². The summed E-state index contributed by atoms with van der Waals surface area (Å²) in [6.45, 7) is 10.3. The third-order valence-electron chi connectivity index (χ3n) is 8.19. The Bertz CT molecular complexity index is 993. The molecule has 198 valence electrons. The Hall–Kier alpha value is -2.45. The minimum Gasteiger partial charge on any atom is -0.396 e. The Morgan fingerprint density at radius 2 is 1.78 bits per heavy atom. The van der Waals surface area contributed by atoms with Gasteiger partial charge in [-0.25, -0.2) is 0 Å². The molecule has 8 heteroatoms. The van der Waals surface area contributed by atoms with Gasteiger partial charge in [0.2, 0.25) is 17.7 Å². The zero-order chi connectivity index (χ0) is 26.3. The fraction of sp³-hybridized carbons (Fsp3) is 0.679. The monoisotopic (exact) mass is 499 g/mol. The second-order valence-corrected chi connectivity index (χ2v) is 12.0. The van der Waals surface area contributed by atoms with Crippen LogP contribution in [0, 0.1) is 17.8 Å². The molecule has 3 N–H and O–H groups in total. The van der Waals surface area contributed by atoms with Gasteiger partial charge in [-0.15, -0.1) is 0 Å². The number of hydrogen-bond acceptors (Lipinski definition) is 5. The van der Waals surface area contributed by atoms with Crippen LogP contribution in [-0.2, 0) is 19.1 Å². The number of aliphatic hydroxyl groups excluding tert-OH is 1.